The minimum absolute atomic E-state index is 0.0160. The van der Waals surface area contributed by atoms with Crippen LogP contribution in [0.25, 0.3) is 0 Å². The van der Waals surface area contributed by atoms with Crippen molar-refractivity contribution in [3.05, 3.63) is 0 Å². The number of ether oxygens (including phenoxy) is 4. The van der Waals surface area contributed by atoms with Crippen LogP contribution in [0.3, 0.4) is 0 Å². The highest BCUT2D eigenvalue weighted by Crippen LogP contribution is 2.25. The largest absolute Gasteiger partial charge is 0.466 e. The normalized spacial score (nSPS) is 25.6. The maximum Gasteiger partial charge on any atom is 0.310 e. The first-order chi connectivity index (χ1) is 10.2. The number of carbonyl (C=O) groups excluding carboxylic acids is 2. The van der Waals surface area contributed by atoms with Gasteiger partial charge in [-0.05, 0) is 27.7 Å². The van der Waals surface area contributed by atoms with Gasteiger partial charge in [-0.3, -0.25) is 9.59 Å². The molecule has 7 heteroatoms. The van der Waals surface area contributed by atoms with Crippen molar-refractivity contribution in [3.8, 4) is 0 Å². The fourth-order valence-corrected chi connectivity index (χ4v) is 2.53. The molecule has 0 aromatic heterocycles. The van der Waals surface area contributed by atoms with Crippen molar-refractivity contribution in [2.45, 2.75) is 71.1 Å². The van der Waals surface area contributed by atoms with E-state index in [4.69, 9.17) is 18.9 Å². The molecule has 6 nitrogen and oxygen atoms in total. The fourth-order valence-electron chi connectivity index (χ4n) is 2.12. The van der Waals surface area contributed by atoms with E-state index in [0.29, 0.717) is 18.4 Å². The van der Waals surface area contributed by atoms with E-state index in [9.17, 15) is 9.59 Å². The van der Waals surface area contributed by atoms with Gasteiger partial charge >= 0.3 is 11.9 Å². The monoisotopic (exact) mass is 380 g/mol. The van der Waals surface area contributed by atoms with Crippen molar-refractivity contribution in [1.82, 2.24) is 0 Å². The van der Waals surface area contributed by atoms with E-state index in [1.54, 1.807) is 6.92 Å². The van der Waals surface area contributed by atoms with Crippen molar-refractivity contribution < 1.29 is 28.5 Å². The molecule has 0 spiro atoms. The number of esters is 2. The second-order valence-corrected chi connectivity index (χ2v) is 6.78. The van der Waals surface area contributed by atoms with E-state index in [0.717, 1.165) is 0 Å². The zero-order valence-electron chi connectivity index (χ0n) is 13.6. The Hall–Kier alpha value is -0.660. The van der Waals surface area contributed by atoms with Gasteiger partial charge in [-0.2, -0.15) is 0 Å². The van der Waals surface area contributed by atoms with Gasteiger partial charge in [-0.1, -0.05) is 15.9 Å². The van der Waals surface area contributed by atoms with Crippen LogP contribution < -0.4 is 0 Å². The summed E-state index contributed by atoms with van der Waals surface area (Å²) in [5.41, 5.74) is -0.526. The molecule has 0 radical (unpaired) electrons. The molecule has 0 amide bonds. The molecule has 1 unspecified atom stereocenters. The van der Waals surface area contributed by atoms with Crippen LogP contribution in [-0.2, 0) is 28.5 Å². The Morgan fingerprint density at radius 3 is 2.32 bits per heavy atom. The Morgan fingerprint density at radius 1 is 1.14 bits per heavy atom. The van der Waals surface area contributed by atoms with Crippen molar-refractivity contribution in [3.63, 3.8) is 0 Å². The summed E-state index contributed by atoms with van der Waals surface area (Å²) in [5.74, 6) is -0.693. The lowest BCUT2D eigenvalue weighted by Gasteiger charge is -2.34. The number of hydrogen-bond donors (Lipinski definition) is 0. The number of rotatable bonds is 6. The topological polar surface area (TPSA) is 71.1 Å². The Morgan fingerprint density at radius 2 is 1.77 bits per heavy atom. The molecule has 1 aliphatic heterocycles. The average molecular weight is 381 g/mol. The van der Waals surface area contributed by atoms with E-state index < -0.39 is 11.9 Å². The summed E-state index contributed by atoms with van der Waals surface area (Å²) < 4.78 is 21.5. The van der Waals surface area contributed by atoms with Crippen LogP contribution >= 0.6 is 15.9 Å². The van der Waals surface area contributed by atoms with Crippen LogP contribution in [0.2, 0.25) is 0 Å². The molecule has 3 atom stereocenters. The standard InChI is InChI=1S/C15H25BrO6/c1-5-19-12(17)8-14-20-10(6-11(9-16)21-14)7-13(18)22-15(2,3)4/h10-11,14H,5-9H2,1-4H3/t10-,11+,14?/m1/s1. The van der Waals surface area contributed by atoms with Crippen LogP contribution in [0.4, 0.5) is 0 Å². The second kappa shape index (κ2) is 8.84. The summed E-state index contributed by atoms with van der Waals surface area (Å²) in [5, 5.41) is 0.612. The number of carbonyl (C=O) groups is 2. The molecule has 0 N–H and O–H groups in total. The quantitative estimate of drug-likeness (QED) is 0.520. The van der Waals surface area contributed by atoms with Crippen molar-refractivity contribution in [1.29, 1.82) is 0 Å². The summed E-state index contributed by atoms with van der Waals surface area (Å²) >= 11 is 3.37. The van der Waals surface area contributed by atoms with Crippen LogP contribution in [0.5, 0.6) is 0 Å². The first-order valence-corrected chi connectivity index (χ1v) is 8.60. The van der Waals surface area contributed by atoms with E-state index in [2.05, 4.69) is 15.9 Å². The minimum Gasteiger partial charge on any atom is -0.466 e. The van der Waals surface area contributed by atoms with Gasteiger partial charge in [0.2, 0.25) is 0 Å². The molecule has 0 bridgehead atoms. The highest BCUT2D eigenvalue weighted by atomic mass is 79.9. The summed E-state index contributed by atoms with van der Waals surface area (Å²) in [7, 11) is 0. The molecule has 0 aromatic rings. The lowest BCUT2D eigenvalue weighted by atomic mass is 10.1. The molecular weight excluding hydrogens is 356 g/mol. The highest BCUT2D eigenvalue weighted by molar-refractivity contribution is 9.09. The molecule has 1 rings (SSSR count). The summed E-state index contributed by atoms with van der Waals surface area (Å²) in [6, 6.07) is 0. The smallest absolute Gasteiger partial charge is 0.310 e. The number of alkyl halides is 1. The third-order valence-corrected chi connectivity index (χ3v) is 3.56. The summed E-state index contributed by atoms with van der Waals surface area (Å²) in [6.07, 6.45) is -0.399. The van der Waals surface area contributed by atoms with E-state index in [-0.39, 0.29) is 37.0 Å². The predicted octanol–water partition coefficient (Wildman–Crippen LogP) is 2.57. The Balaban J connectivity index is 2.55. The third-order valence-electron chi connectivity index (χ3n) is 2.84. The van der Waals surface area contributed by atoms with Gasteiger partial charge in [0.15, 0.2) is 6.29 Å². The first-order valence-electron chi connectivity index (χ1n) is 7.47. The van der Waals surface area contributed by atoms with Crippen LogP contribution in [-0.4, -0.2) is 48.0 Å². The maximum atomic E-state index is 11.9. The molecule has 0 saturated carbocycles. The lowest BCUT2D eigenvalue weighted by Crippen LogP contribution is -2.41. The Labute approximate surface area is 139 Å². The van der Waals surface area contributed by atoms with Gasteiger partial charge in [0.25, 0.3) is 0 Å². The highest BCUT2D eigenvalue weighted by Gasteiger charge is 2.33. The van der Waals surface area contributed by atoms with Crippen molar-refractivity contribution >= 4 is 27.9 Å². The van der Waals surface area contributed by atoms with Crippen LogP contribution in [0.15, 0.2) is 0 Å². The molecular formula is C15H25BrO6. The fraction of sp³-hybridized carbons (Fsp3) is 0.867. The molecule has 1 fully saturated rings. The molecule has 0 aromatic carbocycles. The van der Waals surface area contributed by atoms with Gasteiger partial charge in [-0.25, -0.2) is 0 Å². The average Bonchev–Trinajstić information content (AvgIpc) is 2.35. The van der Waals surface area contributed by atoms with Crippen LogP contribution in [0.1, 0.15) is 47.0 Å². The second-order valence-electron chi connectivity index (χ2n) is 6.14. The van der Waals surface area contributed by atoms with Crippen LogP contribution in [0, 0.1) is 0 Å². The molecule has 1 heterocycles. The summed E-state index contributed by atoms with van der Waals surface area (Å²) in [6.45, 7) is 7.52. The molecule has 22 heavy (non-hydrogen) atoms. The molecule has 1 saturated heterocycles. The zero-order chi connectivity index (χ0) is 16.8. The summed E-state index contributed by atoms with van der Waals surface area (Å²) in [4.78, 5) is 23.4. The van der Waals surface area contributed by atoms with E-state index in [1.807, 2.05) is 20.8 Å². The van der Waals surface area contributed by atoms with Crippen molar-refractivity contribution in [2.24, 2.45) is 0 Å². The van der Waals surface area contributed by atoms with Gasteiger partial charge < -0.3 is 18.9 Å². The van der Waals surface area contributed by atoms with E-state index in [1.165, 1.54) is 0 Å². The molecule has 128 valence electrons. The zero-order valence-corrected chi connectivity index (χ0v) is 15.2. The lowest BCUT2D eigenvalue weighted by molar-refractivity contribution is -0.242. The predicted molar refractivity (Wildman–Crippen MR) is 83.7 cm³/mol. The number of hydrogen-bond acceptors (Lipinski definition) is 6. The third kappa shape index (κ3) is 7.56. The SMILES string of the molecule is CCOC(=O)CC1O[C@H](CBr)C[C@H](CC(=O)OC(C)(C)C)O1. The van der Waals surface area contributed by atoms with Crippen molar-refractivity contribution in [2.75, 3.05) is 11.9 Å². The van der Waals surface area contributed by atoms with Gasteiger partial charge in [0, 0.05) is 11.8 Å². The molecule has 1 aliphatic rings. The molecule has 0 aliphatic carbocycles. The minimum atomic E-state index is -0.692. The maximum absolute atomic E-state index is 11.9. The van der Waals surface area contributed by atoms with Gasteiger partial charge in [0.05, 0.1) is 31.7 Å². The Kier molecular flexibility index (Phi) is 7.79. The first kappa shape index (κ1) is 19.4. The van der Waals surface area contributed by atoms with E-state index >= 15 is 0 Å². The Bertz CT molecular complexity index is 379. The van der Waals surface area contributed by atoms with Gasteiger partial charge in [0.1, 0.15) is 5.60 Å². The van der Waals surface area contributed by atoms with Gasteiger partial charge in [-0.15, -0.1) is 0 Å². The number of halogens is 1.